The summed E-state index contributed by atoms with van der Waals surface area (Å²) in [6.07, 6.45) is 6.43. The lowest BCUT2D eigenvalue weighted by molar-refractivity contribution is 0.105. The molecule has 148 valence electrons. The molecule has 26 heavy (non-hydrogen) atoms. The fraction of sp³-hybridized carbons (Fsp3) is 0.750. The molecule has 1 aliphatic rings. The van der Waals surface area contributed by atoms with Crippen LogP contribution >= 0.6 is 0 Å². The van der Waals surface area contributed by atoms with E-state index in [1.54, 1.807) is 6.26 Å². The van der Waals surface area contributed by atoms with Crippen molar-refractivity contribution in [2.24, 2.45) is 10.9 Å². The molecule has 1 aliphatic heterocycles. The summed E-state index contributed by atoms with van der Waals surface area (Å²) in [4.78, 5) is 7.21. The Hall–Kier alpha value is -1.53. The Bertz CT molecular complexity index is 482. The van der Waals surface area contributed by atoms with Crippen molar-refractivity contribution >= 4 is 5.96 Å². The topological polar surface area (TPSA) is 62.0 Å². The van der Waals surface area contributed by atoms with E-state index < -0.39 is 0 Å². The Labute approximate surface area is 158 Å². The van der Waals surface area contributed by atoms with E-state index in [9.17, 15) is 0 Å². The van der Waals surface area contributed by atoms with Crippen LogP contribution in [-0.2, 0) is 11.3 Å². The second-order valence-corrected chi connectivity index (χ2v) is 7.05. The summed E-state index contributed by atoms with van der Waals surface area (Å²) in [6.45, 7) is 12.0. The molecule has 6 nitrogen and oxygen atoms in total. The van der Waals surface area contributed by atoms with Gasteiger partial charge in [0.25, 0.3) is 0 Å². The van der Waals surface area contributed by atoms with Crippen LogP contribution in [0.3, 0.4) is 0 Å². The molecule has 0 bridgehead atoms. The van der Waals surface area contributed by atoms with Crippen molar-refractivity contribution in [2.45, 2.75) is 46.1 Å². The van der Waals surface area contributed by atoms with Gasteiger partial charge in [0.1, 0.15) is 12.4 Å². The van der Waals surface area contributed by atoms with Crippen LogP contribution in [0.2, 0.25) is 0 Å². The summed E-state index contributed by atoms with van der Waals surface area (Å²) in [5, 5.41) is 6.75. The van der Waals surface area contributed by atoms with Crippen LogP contribution in [0.5, 0.6) is 0 Å². The van der Waals surface area contributed by atoms with Crippen LogP contribution in [0.1, 0.15) is 45.3 Å². The standard InChI is InChI=1S/C20H36N4O2/c1-3-21-20(22-10-5-12-24-13-8-18(2)9-14-24)23-11-6-15-25-17-19-7-4-16-26-19/h4,7,16,18H,3,5-6,8-15,17H2,1-2H3,(H2,21,22,23). The number of nitrogens with one attached hydrogen (secondary N) is 2. The molecule has 1 aromatic heterocycles. The van der Waals surface area contributed by atoms with Crippen molar-refractivity contribution in [3.05, 3.63) is 24.2 Å². The zero-order valence-electron chi connectivity index (χ0n) is 16.5. The third-order valence-corrected chi connectivity index (χ3v) is 4.71. The maximum absolute atomic E-state index is 5.58. The molecule has 2 N–H and O–H groups in total. The van der Waals surface area contributed by atoms with Gasteiger partial charge in [0.15, 0.2) is 5.96 Å². The summed E-state index contributed by atoms with van der Waals surface area (Å²) in [5.74, 6) is 2.68. The van der Waals surface area contributed by atoms with Crippen LogP contribution < -0.4 is 10.6 Å². The Morgan fingerprint density at radius 2 is 2.15 bits per heavy atom. The number of hydrogen-bond acceptors (Lipinski definition) is 4. The second-order valence-electron chi connectivity index (χ2n) is 7.05. The molecule has 0 spiro atoms. The van der Waals surface area contributed by atoms with Crippen LogP contribution in [-0.4, -0.2) is 56.7 Å². The summed E-state index contributed by atoms with van der Waals surface area (Å²) in [5.41, 5.74) is 0. The molecule has 1 saturated heterocycles. The van der Waals surface area contributed by atoms with E-state index in [1.807, 2.05) is 12.1 Å². The molecule has 2 rings (SSSR count). The highest BCUT2D eigenvalue weighted by Crippen LogP contribution is 2.15. The van der Waals surface area contributed by atoms with Crippen LogP contribution in [0, 0.1) is 5.92 Å². The number of aliphatic imine (C=N–C) groups is 1. The average Bonchev–Trinajstić information content (AvgIpc) is 3.16. The van der Waals surface area contributed by atoms with E-state index in [-0.39, 0.29) is 0 Å². The predicted molar refractivity (Wildman–Crippen MR) is 106 cm³/mol. The highest BCUT2D eigenvalue weighted by atomic mass is 16.5. The summed E-state index contributed by atoms with van der Waals surface area (Å²) >= 11 is 0. The van der Waals surface area contributed by atoms with Gasteiger partial charge in [-0.3, -0.25) is 4.99 Å². The maximum Gasteiger partial charge on any atom is 0.191 e. The Kier molecular flexibility index (Phi) is 10.2. The van der Waals surface area contributed by atoms with Gasteiger partial charge in [0.05, 0.1) is 6.26 Å². The lowest BCUT2D eigenvalue weighted by Gasteiger charge is -2.30. The van der Waals surface area contributed by atoms with Gasteiger partial charge < -0.3 is 24.7 Å². The Balaban J connectivity index is 1.52. The van der Waals surface area contributed by atoms with Gasteiger partial charge in [0, 0.05) is 26.2 Å². The number of likely N-dealkylation sites (tertiary alicyclic amines) is 1. The van der Waals surface area contributed by atoms with Gasteiger partial charge >= 0.3 is 0 Å². The first-order valence-electron chi connectivity index (χ1n) is 10.1. The fourth-order valence-corrected chi connectivity index (χ4v) is 3.06. The van der Waals surface area contributed by atoms with Gasteiger partial charge in [0.2, 0.25) is 0 Å². The largest absolute Gasteiger partial charge is 0.467 e. The van der Waals surface area contributed by atoms with Crippen molar-refractivity contribution in [1.82, 2.24) is 15.5 Å². The predicted octanol–water partition coefficient (Wildman–Crippen LogP) is 2.86. The second kappa shape index (κ2) is 12.8. The Morgan fingerprint density at radius 1 is 1.31 bits per heavy atom. The lowest BCUT2D eigenvalue weighted by Crippen LogP contribution is -2.39. The third kappa shape index (κ3) is 8.72. The molecule has 0 amide bonds. The van der Waals surface area contributed by atoms with Gasteiger partial charge in [-0.15, -0.1) is 0 Å². The molecule has 0 aliphatic carbocycles. The SMILES string of the molecule is CCNC(=NCCCOCc1ccco1)NCCCN1CCC(C)CC1. The molecular formula is C20H36N4O2. The molecule has 0 radical (unpaired) electrons. The number of rotatable bonds is 11. The van der Waals surface area contributed by atoms with Crippen LogP contribution in [0.15, 0.2) is 27.8 Å². The van der Waals surface area contributed by atoms with Gasteiger partial charge in [-0.25, -0.2) is 0 Å². The lowest BCUT2D eigenvalue weighted by atomic mass is 9.99. The minimum Gasteiger partial charge on any atom is -0.467 e. The minimum atomic E-state index is 0.532. The number of nitrogens with zero attached hydrogens (tertiary/aromatic N) is 2. The number of hydrogen-bond donors (Lipinski definition) is 2. The highest BCUT2D eigenvalue weighted by Gasteiger charge is 2.14. The molecular weight excluding hydrogens is 328 g/mol. The molecule has 1 aromatic rings. The minimum absolute atomic E-state index is 0.532. The van der Waals surface area contributed by atoms with Gasteiger partial charge in [-0.1, -0.05) is 6.92 Å². The maximum atomic E-state index is 5.58. The number of ether oxygens (including phenoxy) is 1. The molecule has 6 heteroatoms. The van der Waals surface area contributed by atoms with E-state index in [4.69, 9.17) is 9.15 Å². The third-order valence-electron chi connectivity index (χ3n) is 4.71. The quantitative estimate of drug-likeness (QED) is 0.359. The van der Waals surface area contributed by atoms with Crippen molar-refractivity contribution in [2.75, 3.05) is 45.9 Å². The van der Waals surface area contributed by atoms with Crippen molar-refractivity contribution in [3.8, 4) is 0 Å². The molecule has 2 heterocycles. The zero-order chi connectivity index (χ0) is 18.5. The summed E-state index contributed by atoms with van der Waals surface area (Å²) < 4.78 is 10.8. The smallest absolute Gasteiger partial charge is 0.191 e. The first-order valence-corrected chi connectivity index (χ1v) is 10.1. The number of guanidine groups is 1. The first-order chi connectivity index (χ1) is 12.8. The van der Waals surface area contributed by atoms with Crippen molar-refractivity contribution < 1.29 is 9.15 Å². The van der Waals surface area contributed by atoms with E-state index >= 15 is 0 Å². The van der Waals surface area contributed by atoms with E-state index in [1.165, 1.54) is 32.5 Å². The molecule has 0 unspecified atom stereocenters. The average molecular weight is 365 g/mol. The Morgan fingerprint density at radius 3 is 2.88 bits per heavy atom. The van der Waals surface area contributed by atoms with E-state index in [2.05, 4.69) is 34.4 Å². The van der Waals surface area contributed by atoms with Crippen molar-refractivity contribution in [3.63, 3.8) is 0 Å². The number of piperidine rings is 1. The van der Waals surface area contributed by atoms with Crippen LogP contribution in [0.25, 0.3) is 0 Å². The highest BCUT2D eigenvalue weighted by molar-refractivity contribution is 5.79. The van der Waals surface area contributed by atoms with Crippen molar-refractivity contribution in [1.29, 1.82) is 0 Å². The number of furan rings is 1. The van der Waals surface area contributed by atoms with E-state index in [0.717, 1.165) is 50.1 Å². The van der Waals surface area contributed by atoms with E-state index in [0.29, 0.717) is 13.2 Å². The molecule has 0 saturated carbocycles. The first kappa shape index (κ1) is 20.8. The molecule has 0 aromatic carbocycles. The summed E-state index contributed by atoms with van der Waals surface area (Å²) in [7, 11) is 0. The molecule has 1 fully saturated rings. The molecule has 0 atom stereocenters. The summed E-state index contributed by atoms with van der Waals surface area (Å²) in [6, 6.07) is 3.80. The monoisotopic (exact) mass is 364 g/mol. The van der Waals surface area contributed by atoms with Gasteiger partial charge in [-0.2, -0.15) is 0 Å². The van der Waals surface area contributed by atoms with Crippen LogP contribution in [0.4, 0.5) is 0 Å². The van der Waals surface area contributed by atoms with Gasteiger partial charge in [-0.05, 0) is 70.3 Å². The normalized spacial score (nSPS) is 16.8. The zero-order valence-corrected chi connectivity index (χ0v) is 16.5. The fourth-order valence-electron chi connectivity index (χ4n) is 3.06.